The quantitative estimate of drug-likeness (QED) is 0.391. The normalized spacial score (nSPS) is 10.6. The van der Waals surface area contributed by atoms with E-state index in [1.54, 1.807) is 48.5 Å². The van der Waals surface area contributed by atoms with Gasteiger partial charge in [0.25, 0.3) is 11.5 Å². The van der Waals surface area contributed by atoms with Crippen molar-refractivity contribution in [1.82, 2.24) is 9.78 Å². The van der Waals surface area contributed by atoms with Crippen LogP contribution >= 0.6 is 23.4 Å². The monoisotopic (exact) mass is 477 g/mol. The van der Waals surface area contributed by atoms with Crippen molar-refractivity contribution in [2.75, 3.05) is 12.4 Å². The highest BCUT2D eigenvalue weighted by molar-refractivity contribution is 7.99. The first kappa shape index (κ1) is 22.6. The Labute approximate surface area is 200 Å². The largest absolute Gasteiger partial charge is 0.495 e. The third kappa shape index (κ3) is 5.45. The van der Waals surface area contributed by atoms with Gasteiger partial charge in [-0.1, -0.05) is 41.1 Å². The first-order chi connectivity index (χ1) is 15.9. The number of carbonyl (C=O) groups is 1. The molecule has 0 spiro atoms. The molecule has 0 unspecified atom stereocenters. The highest BCUT2D eigenvalue weighted by atomic mass is 35.5. The van der Waals surface area contributed by atoms with E-state index in [2.05, 4.69) is 10.4 Å². The van der Waals surface area contributed by atoms with Gasteiger partial charge in [-0.15, -0.1) is 0 Å². The van der Waals surface area contributed by atoms with E-state index in [0.29, 0.717) is 32.7 Å². The maximum atomic E-state index is 12.6. The first-order valence-electron chi connectivity index (χ1n) is 10.0. The van der Waals surface area contributed by atoms with Gasteiger partial charge in [-0.05, 0) is 67.6 Å². The van der Waals surface area contributed by atoms with Gasteiger partial charge in [0.05, 0.1) is 17.8 Å². The summed E-state index contributed by atoms with van der Waals surface area (Å²) in [6, 6.07) is 22.9. The topological polar surface area (TPSA) is 73.2 Å². The highest BCUT2D eigenvalue weighted by Gasteiger charge is 2.10. The molecule has 0 aliphatic carbocycles. The van der Waals surface area contributed by atoms with Crippen molar-refractivity contribution in [3.63, 3.8) is 0 Å². The number of methoxy groups -OCH3 is 1. The molecule has 1 amide bonds. The molecule has 1 aromatic heterocycles. The molecular formula is C25H20ClN3O3S. The summed E-state index contributed by atoms with van der Waals surface area (Å²) in [4.78, 5) is 26.0. The smallest absolute Gasteiger partial charge is 0.271 e. The second kappa shape index (κ2) is 9.94. The van der Waals surface area contributed by atoms with Crippen molar-refractivity contribution in [1.29, 1.82) is 0 Å². The third-order valence-corrected chi connectivity index (χ3v) is 6.03. The zero-order valence-electron chi connectivity index (χ0n) is 17.9. The number of amides is 1. The van der Waals surface area contributed by atoms with Crippen molar-refractivity contribution in [2.24, 2.45) is 0 Å². The van der Waals surface area contributed by atoms with Gasteiger partial charge in [0.2, 0.25) is 0 Å². The Kier molecular flexibility index (Phi) is 6.82. The average molecular weight is 478 g/mol. The summed E-state index contributed by atoms with van der Waals surface area (Å²) in [6.45, 7) is 2.03. The van der Waals surface area contributed by atoms with E-state index in [9.17, 15) is 9.59 Å². The van der Waals surface area contributed by atoms with Crippen molar-refractivity contribution in [3.05, 3.63) is 105 Å². The number of aryl methyl sites for hydroxylation is 1. The Bertz CT molecular complexity index is 1350. The third-order valence-electron chi connectivity index (χ3n) is 4.80. The number of nitrogens with one attached hydrogen (secondary N) is 1. The lowest BCUT2D eigenvalue weighted by atomic mass is 10.2. The van der Waals surface area contributed by atoms with Gasteiger partial charge >= 0.3 is 0 Å². The van der Waals surface area contributed by atoms with Crippen molar-refractivity contribution >= 4 is 35.0 Å². The second-order valence-corrected chi connectivity index (χ2v) is 8.69. The lowest BCUT2D eigenvalue weighted by molar-refractivity contribution is 0.102. The molecule has 0 aliphatic heterocycles. The molecule has 6 nitrogen and oxygen atoms in total. The molecule has 4 aromatic rings. The number of benzene rings is 3. The Morgan fingerprint density at radius 2 is 1.73 bits per heavy atom. The van der Waals surface area contributed by atoms with Gasteiger partial charge in [0.1, 0.15) is 10.8 Å². The molecule has 33 heavy (non-hydrogen) atoms. The van der Waals surface area contributed by atoms with Crippen molar-refractivity contribution in [2.45, 2.75) is 16.8 Å². The van der Waals surface area contributed by atoms with Gasteiger partial charge in [-0.25, -0.2) is 0 Å². The summed E-state index contributed by atoms with van der Waals surface area (Å²) in [5.74, 6) is 0.228. The van der Waals surface area contributed by atoms with Crippen LogP contribution in [0.2, 0.25) is 5.02 Å². The number of halogens is 1. The summed E-state index contributed by atoms with van der Waals surface area (Å²) >= 11 is 7.59. The fourth-order valence-corrected chi connectivity index (χ4v) is 4.09. The minimum atomic E-state index is -0.299. The van der Waals surface area contributed by atoms with Gasteiger partial charge in [-0.3, -0.25) is 9.59 Å². The fourth-order valence-electron chi connectivity index (χ4n) is 3.06. The Morgan fingerprint density at radius 3 is 2.39 bits per heavy atom. The van der Waals surface area contributed by atoms with E-state index >= 15 is 0 Å². The minimum Gasteiger partial charge on any atom is -0.495 e. The van der Waals surface area contributed by atoms with Crippen LogP contribution in [-0.2, 0) is 0 Å². The van der Waals surface area contributed by atoms with Crippen LogP contribution in [0.1, 0.15) is 15.9 Å². The van der Waals surface area contributed by atoms with Gasteiger partial charge in [0, 0.05) is 22.2 Å². The summed E-state index contributed by atoms with van der Waals surface area (Å²) in [5.41, 5.74) is 2.47. The minimum absolute atomic E-state index is 0.256. The summed E-state index contributed by atoms with van der Waals surface area (Å²) in [6.07, 6.45) is 0. The Hall–Kier alpha value is -3.55. The maximum Gasteiger partial charge on any atom is 0.271 e. The van der Waals surface area contributed by atoms with Gasteiger partial charge in [0.15, 0.2) is 0 Å². The van der Waals surface area contributed by atoms with Crippen LogP contribution in [0.3, 0.4) is 0 Å². The standard InChI is InChI=1S/C25H20ClN3O3S/c1-16-3-10-20(11-4-16)33-23-13-14-24(30)29(28-23)19-8-5-17(6-9-19)25(31)27-18-7-12-22(32-2)21(26)15-18/h3-15H,1-2H3,(H,27,31). The van der Waals surface area contributed by atoms with Crippen LogP contribution in [0.15, 0.2) is 93.6 Å². The molecule has 0 fully saturated rings. The van der Waals surface area contributed by atoms with E-state index < -0.39 is 0 Å². The van der Waals surface area contributed by atoms with Crippen LogP contribution in [0.5, 0.6) is 5.75 Å². The fraction of sp³-hybridized carbons (Fsp3) is 0.0800. The molecular weight excluding hydrogens is 458 g/mol. The van der Waals surface area contributed by atoms with Crippen LogP contribution in [0, 0.1) is 6.92 Å². The highest BCUT2D eigenvalue weighted by Crippen LogP contribution is 2.28. The molecule has 1 heterocycles. The van der Waals surface area contributed by atoms with Gasteiger partial charge in [-0.2, -0.15) is 9.78 Å². The van der Waals surface area contributed by atoms with Crippen molar-refractivity contribution < 1.29 is 9.53 Å². The van der Waals surface area contributed by atoms with E-state index in [-0.39, 0.29) is 11.5 Å². The molecule has 166 valence electrons. The molecule has 0 bridgehead atoms. The van der Waals surface area contributed by atoms with E-state index in [1.165, 1.54) is 35.2 Å². The molecule has 0 atom stereocenters. The molecule has 4 rings (SSSR count). The number of hydrogen-bond acceptors (Lipinski definition) is 5. The van der Waals surface area contributed by atoms with Crippen LogP contribution < -0.4 is 15.6 Å². The number of nitrogens with zero attached hydrogens (tertiary/aromatic N) is 2. The average Bonchev–Trinajstić information content (AvgIpc) is 2.82. The molecule has 0 saturated carbocycles. The summed E-state index contributed by atoms with van der Waals surface area (Å²) in [7, 11) is 1.53. The Morgan fingerprint density at radius 1 is 1.00 bits per heavy atom. The van der Waals surface area contributed by atoms with E-state index in [1.807, 2.05) is 31.2 Å². The van der Waals surface area contributed by atoms with Crippen molar-refractivity contribution in [3.8, 4) is 11.4 Å². The molecule has 3 aromatic carbocycles. The number of carbonyl (C=O) groups excluding carboxylic acids is 1. The first-order valence-corrected chi connectivity index (χ1v) is 11.2. The molecule has 0 radical (unpaired) electrons. The predicted octanol–water partition coefficient (Wildman–Crippen LogP) is 5.61. The van der Waals surface area contributed by atoms with E-state index in [4.69, 9.17) is 16.3 Å². The van der Waals surface area contributed by atoms with Crippen LogP contribution in [-0.4, -0.2) is 22.8 Å². The zero-order chi connectivity index (χ0) is 23.4. The number of ether oxygens (including phenoxy) is 1. The summed E-state index contributed by atoms with van der Waals surface area (Å²) in [5, 5.41) is 8.36. The zero-order valence-corrected chi connectivity index (χ0v) is 19.5. The SMILES string of the molecule is COc1ccc(NC(=O)c2ccc(-n3nc(Sc4ccc(C)cc4)ccc3=O)cc2)cc1Cl. The lowest BCUT2D eigenvalue weighted by Crippen LogP contribution is -2.20. The van der Waals surface area contributed by atoms with Crippen LogP contribution in [0.25, 0.3) is 5.69 Å². The van der Waals surface area contributed by atoms with Crippen LogP contribution in [0.4, 0.5) is 5.69 Å². The van der Waals surface area contributed by atoms with Gasteiger partial charge < -0.3 is 10.1 Å². The maximum absolute atomic E-state index is 12.6. The molecule has 8 heteroatoms. The Balaban J connectivity index is 1.51. The predicted molar refractivity (Wildman–Crippen MR) is 131 cm³/mol. The molecule has 1 N–H and O–H groups in total. The number of hydrogen-bond donors (Lipinski definition) is 1. The number of anilines is 1. The summed E-state index contributed by atoms with van der Waals surface area (Å²) < 4.78 is 6.44. The second-order valence-electron chi connectivity index (χ2n) is 7.19. The number of rotatable bonds is 6. The van der Waals surface area contributed by atoms with E-state index in [0.717, 1.165) is 4.90 Å². The molecule has 0 saturated heterocycles. The number of aromatic nitrogens is 2. The lowest BCUT2D eigenvalue weighted by Gasteiger charge is -2.10. The molecule has 0 aliphatic rings.